The van der Waals surface area contributed by atoms with E-state index in [1.54, 1.807) is 41.4 Å². The van der Waals surface area contributed by atoms with Gasteiger partial charge in [-0.2, -0.15) is 16.4 Å². The first-order valence-electron chi connectivity index (χ1n) is 8.41. The van der Waals surface area contributed by atoms with Crippen LogP contribution in [-0.4, -0.2) is 27.5 Å². The summed E-state index contributed by atoms with van der Waals surface area (Å²) in [5, 5.41) is 11.3. The molecule has 1 aromatic carbocycles. The highest BCUT2D eigenvalue weighted by Crippen LogP contribution is 2.24. The average molecular weight is 367 g/mol. The first-order chi connectivity index (χ1) is 12.5. The summed E-state index contributed by atoms with van der Waals surface area (Å²) in [6.45, 7) is 3.52. The maximum atomic E-state index is 12.4. The summed E-state index contributed by atoms with van der Waals surface area (Å²) in [4.78, 5) is 24.3. The molecule has 0 bridgehead atoms. The molecule has 1 atom stereocenters. The van der Waals surface area contributed by atoms with E-state index in [0.717, 1.165) is 17.5 Å². The first-order valence-corrected chi connectivity index (χ1v) is 9.35. The normalized spacial score (nSPS) is 12.0. The van der Waals surface area contributed by atoms with Gasteiger partial charge in [-0.05, 0) is 53.4 Å². The molecule has 0 aliphatic heterocycles. The number of amides is 1. The molecule has 6 heteroatoms. The molecule has 1 N–H and O–H groups in total. The second kappa shape index (κ2) is 7.66. The summed E-state index contributed by atoms with van der Waals surface area (Å²) in [6, 6.07) is 9.38. The number of hydrogen-bond acceptors (Lipinski definition) is 4. The Morgan fingerprint density at radius 1 is 1.23 bits per heavy atom. The van der Waals surface area contributed by atoms with Gasteiger partial charge >= 0.3 is 0 Å². The molecule has 0 fully saturated rings. The molecule has 0 spiro atoms. The number of Topliss-reactive ketones (excluding diaryl/α,β-unsaturated/α-hetero) is 1. The third-order valence-corrected chi connectivity index (χ3v) is 4.96. The average Bonchev–Trinajstić information content (AvgIpc) is 3.24. The summed E-state index contributed by atoms with van der Waals surface area (Å²) in [6.07, 6.45) is 2.49. The Hall–Kier alpha value is -2.73. The Bertz CT molecular complexity index is 911. The lowest BCUT2D eigenvalue weighted by molar-refractivity contribution is 0.0939. The van der Waals surface area contributed by atoms with Crippen molar-refractivity contribution in [2.45, 2.75) is 26.3 Å². The van der Waals surface area contributed by atoms with Crippen molar-refractivity contribution in [3.05, 3.63) is 64.1 Å². The van der Waals surface area contributed by atoms with Crippen LogP contribution >= 0.6 is 11.3 Å². The summed E-state index contributed by atoms with van der Waals surface area (Å²) >= 11 is 1.66. The number of aromatic nitrogens is 2. The number of benzene rings is 1. The van der Waals surface area contributed by atoms with Gasteiger partial charge in [0.1, 0.15) is 5.69 Å². The largest absolute Gasteiger partial charge is 0.349 e. The van der Waals surface area contributed by atoms with E-state index in [9.17, 15) is 9.59 Å². The van der Waals surface area contributed by atoms with Crippen LogP contribution in [0.25, 0.3) is 11.1 Å². The predicted octanol–water partition coefficient (Wildman–Crippen LogP) is 3.71. The number of hydrogen-bond donors (Lipinski definition) is 1. The van der Waals surface area contributed by atoms with Crippen molar-refractivity contribution in [2.75, 3.05) is 0 Å². The molecule has 134 valence electrons. The maximum Gasteiger partial charge on any atom is 0.251 e. The van der Waals surface area contributed by atoms with E-state index in [2.05, 4.69) is 21.9 Å². The molecule has 0 aliphatic rings. The number of nitrogens with one attached hydrogen (secondary N) is 1. The van der Waals surface area contributed by atoms with Crippen LogP contribution in [0, 0.1) is 0 Å². The highest BCUT2D eigenvalue weighted by molar-refractivity contribution is 7.07. The topological polar surface area (TPSA) is 64.0 Å². The zero-order chi connectivity index (χ0) is 18.7. The Labute approximate surface area is 156 Å². The van der Waals surface area contributed by atoms with Gasteiger partial charge in [-0.15, -0.1) is 0 Å². The Morgan fingerprint density at radius 2 is 1.96 bits per heavy atom. The molecule has 0 radical (unpaired) electrons. The van der Waals surface area contributed by atoms with Crippen LogP contribution in [0.4, 0.5) is 0 Å². The molecule has 0 saturated carbocycles. The molecule has 3 rings (SSSR count). The fourth-order valence-electron chi connectivity index (χ4n) is 2.99. The third kappa shape index (κ3) is 3.91. The van der Waals surface area contributed by atoms with Crippen LogP contribution in [0.2, 0.25) is 0 Å². The van der Waals surface area contributed by atoms with Crippen LogP contribution in [-0.2, 0) is 13.5 Å². The smallest absolute Gasteiger partial charge is 0.251 e. The zero-order valence-electron chi connectivity index (χ0n) is 15.0. The molecule has 2 aromatic heterocycles. The van der Waals surface area contributed by atoms with Crippen molar-refractivity contribution in [3.63, 3.8) is 0 Å². The van der Waals surface area contributed by atoms with Gasteiger partial charge in [-0.1, -0.05) is 12.1 Å². The van der Waals surface area contributed by atoms with Gasteiger partial charge in [0.05, 0.1) is 6.20 Å². The van der Waals surface area contributed by atoms with Crippen molar-refractivity contribution in [3.8, 4) is 11.1 Å². The lowest BCUT2D eigenvalue weighted by Gasteiger charge is -2.13. The van der Waals surface area contributed by atoms with Gasteiger partial charge in [0.15, 0.2) is 5.78 Å². The number of nitrogens with zero attached hydrogens (tertiary/aromatic N) is 2. The van der Waals surface area contributed by atoms with Crippen molar-refractivity contribution >= 4 is 23.0 Å². The van der Waals surface area contributed by atoms with E-state index in [0.29, 0.717) is 11.3 Å². The van der Waals surface area contributed by atoms with Gasteiger partial charge in [0.2, 0.25) is 0 Å². The second-order valence-electron chi connectivity index (χ2n) is 6.37. The minimum absolute atomic E-state index is 0.0379. The number of ketones is 1. The number of carbonyl (C=O) groups is 2. The fraction of sp³-hybridized carbons (Fsp3) is 0.250. The van der Waals surface area contributed by atoms with Crippen molar-refractivity contribution < 1.29 is 9.59 Å². The zero-order valence-corrected chi connectivity index (χ0v) is 15.8. The summed E-state index contributed by atoms with van der Waals surface area (Å²) in [7, 11) is 1.75. The highest BCUT2D eigenvalue weighted by atomic mass is 32.1. The quantitative estimate of drug-likeness (QED) is 0.676. The Morgan fingerprint density at radius 3 is 2.58 bits per heavy atom. The number of aryl methyl sites for hydroxylation is 1. The number of carbonyl (C=O) groups excluding carboxylic acids is 2. The monoisotopic (exact) mass is 367 g/mol. The number of thiophene rings is 1. The summed E-state index contributed by atoms with van der Waals surface area (Å²) in [5.74, 6) is -0.138. The molecular weight excluding hydrogens is 346 g/mol. The minimum atomic E-state index is -0.0998. The van der Waals surface area contributed by atoms with E-state index in [1.807, 2.05) is 24.4 Å². The molecule has 2 heterocycles. The molecule has 5 nitrogen and oxygen atoms in total. The van der Waals surface area contributed by atoms with Crippen LogP contribution < -0.4 is 5.32 Å². The number of rotatable bonds is 6. The van der Waals surface area contributed by atoms with Gasteiger partial charge in [0, 0.05) is 31.1 Å². The van der Waals surface area contributed by atoms with Gasteiger partial charge in [-0.3, -0.25) is 14.3 Å². The maximum absolute atomic E-state index is 12.4. The van der Waals surface area contributed by atoms with Gasteiger partial charge < -0.3 is 5.32 Å². The van der Waals surface area contributed by atoms with Crippen molar-refractivity contribution in [1.29, 1.82) is 0 Å². The molecule has 0 aliphatic carbocycles. The van der Waals surface area contributed by atoms with Gasteiger partial charge in [-0.25, -0.2) is 0 Å². The highest BCUT2D eigenvalue weighted by Gasteiger charge is 2.16. The van der Waals surface area contributed by atoms with E-state index in [-0.39, 0.29) is 17.7 Å². The molecule has 1 unspecified atom stereocenters. The predicted molar refractivity (Wildman–Crippen MR) is 104 cm³/mol. The summed E-state index contributed by atoms with van der Waals surface area (Å²) in [5.41, 5.74) is 4.03. The van der Waals surface area contributed by atoms with Gasteiger partial charge in [0.25, 0.3) is 5.91 Å². The first kappa shape index (κ1) is 18.1. The fourth-order valence-corrected chi connectivity index (χ4v) is 3.67. The van der Waals surface area contributed by atoms with Crippen LogP contribution in [0.1, 0.15) is 40.3 Å². The van der Waals surface area contributed by atoms with Crippen LogP contribution in [0.5, 0.6) is 0 Å². The molecule has 1 amide bonds. The third-order valence-electron chi connectivity index (χ3n) is 4.23. The van der Waals surface area contributed by atoms with Crippen LogP contribution in [0.15, 0.2) is 47.3 Å². The Kier molecular flexibility index (Phi) is 5.32. The molecule has 0 saturated heterocycles. The van der Waals surface area contributed by atoms with E-state index in [1.165, 1.54) is 12.5 Å². The lowest BCUT2D eigenvalue weighted by atomic mass is 10.0. The summed E-state index contributed by atoms with van der Waals surface area (Å²) < 4.78 is 1.57. The van der Waals surface area contributed by atoms with E-state index < -0.39 is 0 Å². The molecule has 3 aromatic rings. The van der Waals surface area contributed by atoms with Crippen molar-refractivity contribution in [2.24, 2.45) is 7.05 Å². The van der Waals surface area contributed by atoms with Crippen molar-refractivity contribution in [1.82, 2.24) is 15.1 Å². The Balaban J connectivity index is 1.71. The van der Waals surface area contributed by atoms with E-state index in [4.69, 9.17) is 0 Å². The standard InChI is InChI=1S/C20H21N3O2S/c1-13(10-15-8-9-26-12-15)22-20(25)17-6-4-16(5-7-17)18-11-21-23(3)19(18)14(2)24/h4-9,11-13H,10H2,1-3H3,(H,22,25). The SMILES string of the molecule is CC(=O)c1c(-c2ccc(C(=O)NC(C)Cc3ccsc3)cc2)cnn1C. The molecule has 26 heavy (non-hydrogen) atoms. The van der Waals surface area contributed by atoms with E-state index >= 15 is 0 Å². The minimum Gasteiger partial charge on any atom is -0.349 e. The molecular formula is C20H21N3O2S. The second-order valence-corrected chi connectivity index (χ2v) is 7.15. The van der Waals surface area contributed by atoms with Crippen LogP contribution in [0.3, 0.4) is 0 Å². The lowest BCUT2D eigenvalue weighted by Crippen LogP contribution is -2.33.